The Morgan fingerprint density at radius 1 is 1.20 bits per heavy atom. The summed E-state index contributed by atoms with van der Waals surface area (Å²) in [6, 6.07) is 15.1. The second kappa shape index (κ2) is 8.03. The Morgan fingerprint density at radius 3 is 2.60 bits per heavy atom. The summed E-state index contributed by atoms with van der Waals surface area (Å²) in [5.74, 6) is 1.65. The van der Waals surface area contributed by atoms with Crippen LogP contribution < -0.4 is 10.1 Å². The fraction of sp³-hybridized carbons (Fsp3) is 0.350. The van der Waals surface area contributed by atoms with Gasteiger partial charge >= 0.3 is 6.03 Å². The van der Waals surface area contributed by atoms with Crippen molar-refractivity contribution in [2.24, 2.45) is 5.92 Å². The van der Waals surface area contributed by atoms with Crippen LogP contribution in [0, 0.1) is 12.8 Å². The lowest BCUT2D eigenvalue weighted by atomic mass is 9.98. The molecule has 132 valence electrons. The molecule has 0 aliphatic carbocycles. The Labute approximate surface area is 148 Å². The molecule has 0 radical (unpaired) electrons. The van der Waals surface area contributed by atoms with Crippen molar-refractivity contribution in [1.82, 2.24) is 4.90 Å². The van der Waals surface area contributed by atoms with Gasteiger partial charge in [-0.1, -0.05) is 24.3 Å². The van der Waals surface area contributed by atoms with Gasteiger partial charge in [0.15, 0.2) is 5.75 Å². The van der Waals surface area contributed by atoms with E-state index in [-0.39, 0.29) is 12.6 Å². The average Bonchev–Trinajstić information content (AvgIpc) is 2.65. The third-order valence-corrected chi connectivity index (χ3v) is 4.51. The van der Waals surface area contributed by atoms with Gasteiger partial charge in [0.05, 0.1) is 5.69 Å². The molecule has 0 spiro atoms. The molecular weight excluding hydrogens is 316 g/mol. The van der Waals surface area contributed by atoms with E-state index in [9.17, 15) is 9.90 Å². The molecule has 0 bridgehead atoms. The number of rotatable bonds is 4. The molecule has 1 heterocycles. The second-order valence-corrected chi connectivity index (χ2v) is 6.46. The van der Waals surface area contributed by atoms with Crippen LogP contribution >= 0.6 is 0 Å². The molecule has 0 aromatic heterocycles. The first-order valence-corrected chi connectivity index (χ1v) is 8.66. The lowest BCUT2D eigenvalue weighted by Gasteiger charge is -2.31. The first-order valence-electron chi connectivity index (χ1n) is 8.66. The number of aliphatic hydroxyl groups is 1. The molecule has 0 unspecified atom stereocenters. The first-order chi connectivity index (χ1) is 12.2. The smallest absolute Gasteiger partial charge is 0.321 e. The number of amides is 2. The van der Waals surface area contributed by atoms with Crippen LogP contribution in [0.1, 0.15) is 18.4 Å². The number of hydrogen-bond donors (Lipinski definition) is 2. The highest BCUT2D eigenvalue weighted by Crippen LogP contribution is 2.31. The van der Waals surface area contributed by atoms with Crippen molar-refractivity contribution < 1.29 is 14.6 Å². The van der Waals surface area contributed by atoms with Crippen molar-refractivity contribution >= 4 is 11.7 Å². The molecule has 5 nitrogen and oxygen atoms in total. The highest BCUT2D eigenvalue weighted by molar-refractivity contribution is 5.91. The van der Waals surface area contributed by atoms with Gasteiger partial charge in [-0.2, -0.15) is 0 Å². The monoisotopic (exact) mass is 340 g/mol. The molecule has 2 aromatic carbocycles. The van der Waals surface area contributed by atoms with E-state index in [4.69, 9.17) is 4.74 Å². The van der Waals surface area contributed by atoms with Gasteiger partial charge in [-0.25, -0.2) is 4.79 Å². The number of anilines is 1. The van der Waals surface area contributed by atoms with Crippen molar-refractivity contribution in [2.75, 3.05) is 25.0 Å². The fourth-order valence-corrected chi connectivity index (χ4v) is 2.96. The van der Waals surface area contributed by atoms with E-state index in [0.717, 1.165) is 24.2 Å². The van der Waals surface area contributed by atoms with Gasteiger partial charge < -0.3 is 20.1 Å². The van der Waals surface area contributed by atoms with E-state index >= 15 is 0 Å². The number of hydrogen-bond acceptors (Lipinski definition) is 3. The van der Waals surface area contributed by atoms with Gasteiger partial charge in [-0.05, 0) is 55.5 Å². The number of likely N-dealkylation sites (tertiary alicyclic amines) is 1. The van der Waals surface area contributed by atoms with E-state index in [1.165, 1.54) is 0 Å². The lowest BCUT2D eigenvalue weighted by Crippen LogP contribution is -2.41. The summed E-state index contributed by atoms with van der Waals surface area (Å²) in [5, 5.41) is 12.2. The number of ether oxygens (including phenoxy) is 1. The van der Waals surface area contributed by atoms with Crippen LogP contribution in [-0.4, -0.2) is 35.7 Å². The predicted molar refractivity (Wildman–Crippen MR) is 98.1 cm³/mol. The van der Waals surface area contributed by atoms with Crippen molar-refractivity contribution in [2.45, 2.75) is 19.8 Å². The van der Waals surface area contributed by atoms with Gasteiger partial charge in [-0.15, -0.1) is 0 Å². The molecule has 1 fully saturated rings. The third kappa shape index (κ3) is 4.51. The molecule has 5 heteroatoms. The third-order valence-electron chi connectivity index (χ3n) is 4.51. The maximum atomic E-state index is 12.6. The quantitative estimate of drug-likeness (QED) is 0.883. The van der Waals surface area contributed by atoms with Crippen LogP contribution in [0.2, 0.25) is 0 Å². The summed E-state index contributed by atoms with van der Waals surface area (Å²) in [5.41, 5.74) is 1.72. The molecule has 2 N–H and O–H groups in total. The molecule has 1 aliphatic heterocycles. The SMILES string of the molecule is Cc1ccc(Oc2ccccc2)c(NC(=O)N2CCC(CO)CC2)c1. The average molecular weight is 340 g/mol. The van der Waals surface area contributed by atoms with Gasteiger partial charge in [0.1, 0.15) is 5.75 Å². The van der Waals surface area contributed by atoms with Gasteiger partial charge in [0.2, 0.25) is 0 Å². The molecule has 2 aromatic rings. The zero-order valence-electron chi connectivity index (χ0n) is 14.4. The van der Waals surface area contributed by atoms with E-state index in [1.807, 2.05) is 55.5 Å². The summed E-state index contributed by atoms with van der Waals surface area (Å²) in [7, 11) is 0. The van der Waals surface area contributed by atoms with E-state index in [2.05, 4.69) is 5.32 Å². The van der Waals surface area contributed by atoms with Crippen molar-refractivity contribution in [3.05, 3.63) is 54.1 Å². The molecule has 2 amide bonds. The number of piperidine rings is 1. The van der Waals surface area contributed by atoms with E-state index in [1.54, 1.807) is 4.90 Å². The number of carbonyl (C=O) groups is 1. The molecular formula is C20H24N2O3. The second-order valence-electron chi connectivity index (χ2n) is 6.46. The Morgan fingerprint density at radius 2 is 1.92 bits per heavy atom. The van der Waals surface area contributed by atoms with Crippen LogP contribution in [0.15, 0.2) is 48.5 Å². The summed E-state index contributed by atoms with van der Waals surface area (Å²) >= 11 is 0. The molecule has 0 atom stereocenters. The maximum Gasteiger partial charge on any atom is 0.321 e. The minimum absolute atomic E-state index is 0.125. The lowest BCUT2D eigenvalue weighted by molar-refractivity contribution is 0.143. The molecule has 3 rings (SSSR count). The Bertz CT molecular complexity index is 710. The van der Waals surface area contributed by atoms with Gasteiger partial charge in [0, 0.05) is 19.7 Å². The van der Waals surface area contributed by atoms with Crippen molar-refractivity contribution in [1.29, 1.82) is 0 Å². The minimum atomic E-state index is -0.125. The van der Waals surface area contributed by atoms with Crippen LogP contribution in [0.5, 0.6) is 11.5 Å². The first kappa shape index (κ1) is 17.3. The van der Waals surface area contributed by atoms with E-state index in [0.29, 0.717) is 30.4 Å². The highest BCUT2D eigenvalue weighted by Gasteiger charge is 2.23. The number of urea groups is 1. The summed E-state index contributed by atoms with van der Waals surface area (Å²) in [6.45, 7) is 3.51. The Hall–Kier alpha value is -2.53. The van der Waals surface area contributed by atoms with Crippen LogP contribution in [-0.2, 0) is 0 Å². The number of aryl methyl sites for hydroxylation is 1. The topological polar surface area (TPSA) is 61.8 Å². The zero-order chi connectivity index (χ0) is 17.6. The number of nitrogens with zero attached hydrogens (tertiary/aromatic N) is 1. The number of benzene rings is 2. The summed E-state index contributed by atoms with van der Waals surface area (Å²) in [4.78, 5) is 14.4. The number of carbonyl (C=O) groups excluding carboxylic acids is 1. The molecule has 1 saturated heterocycles. The number of nitrogens with one attached hydrogen (secondary N) is 1. The zero-order valence-corrected chi connectivity index (χ0v) is 14.4. The van der Waals surface area contributed by atoms with Crippen LogP contribution in [0.25, 0.3) is 0 Å². The predicted octanol–water partition coefficient (Wildman–Crippen LogP) is 4.02. The van der Waals surface area contributed by atoms with Crippen molar-refractivity contribution in [3.8, 4) is 11.5 Å². The van der Waals surface area contributed by atoms with E-state index < -0.39 is 0 Å². The van der Waals surface area contributed by atoms with Crippen LogP contribution in [0.3, 0.4) is 0 Å². The largest absolute Gasteiger partial charge is 0.455 e. The number of aliphatic hydroxyl groups excluding tert-OH is 1. The molecule has 25 heavy (non-hydrogen) atoms. The maximum absolute atomic E-state index is 12.6. The molecule has 0 saturated carbocycles. The Balaban J connectivity index is 1.71. The minimum Gasteiger partial charge on any atom is -0.455 e. The van der Waals surface area contributed by atoms with Crippen LogP contribution in [0.4, 0.5) is 10.5 Å². The van der Waals surface area contributed by atoms with Gasteiger partial charge in [0.25, 0.3) is 0 Å². The molecule has 1 aliphatic rings. The standard InChI is InChI=1S/C20H24N2O3/c1-15-7-8-19(25-17-5-3-2-4-6-17)18(13-15)21-20(24)22-11-9-16(14-23)10-12-22/h2-8,13,16,23H,9-12,14H2,1H3,(H,21,24). The fourth-order valence-electron chi connectivity index (χ4n) is 2.96. The summed E-state index contributed by atoms with van der Waals surface area (Å²) in [6.07, 6.45) is 1.68. The number of para-hydroxylation sites is 1. The van der Waals surface area contributed by atoms with Gasteiger partial charge in [-0.3, -0.25) is 0 Å². The summed E-state index contributed by atoms with van der Waals surface area (Å²) < 4.78 is 5.92. The normalized spacial score (nSPS) is 15.0. The Kier molecular flexibility index (Phi) is 5.56. The highest BCUT2D eigenvalue weighted by atomic mass is 16.5. The van der Waals surface area contributed by atoms with Crippen molar-refractivity contribution in [3.63, 3.8) is 0 Å².